The van der Waals surface area contributed by atoms with Gasteiger partial charge in [0.05, 0.1) is 0 Å². The van der Waals surface area contributed by atoms with E-state index in [0.29, 0.717) is 5.95 Å². The number of rotatable bonds is 4. The molecule has 0 saturated heterocycles. The molecular weight excluding hydrogens is 214 g/mol. The van der Waals surface area contributed by atoms with E-state index in [0.717, 1.165) is 24.4 Å². The van der Waals surface area contributed by atoms with Gasteiger partial charge in [0.25, 0.3) is 0 Å². The van der Waals surface area contributed by atoms with Crippen LogP contribution in [0.2, 0.25) is 0 Å². The second kappa shape index (κ2) is 4.95. The molecule has 2 heterocycles. The number of aromatic nitrogens is 4. The molecule has 5 heteroatoms. The summed E-state index contributed by atoms with van der Waals surface area (Å²) in [6.07, 6.45) is 2.72. The van der Waals surface area contributed by atoms with Gasteiger partial charge >= 0.3 is 0 Å². The highest BCUT2D eigenvalue weighted by Crippen LogP contribution is 2.04. The third kappa shape index (κ3) is 3.03. The standard InChI is InChI=1S/C12H17N5/c1-9-8-10(2)16-12(15-9)13-6-4-11-5-7-14-17(11)3/h5,7-8H,4,6H2,1-3H3,(H,13,15,16). The fraction of sp³-hybridized carbons (Fsp3) is 0.417. The van der Waals surface area contributed by atoms with Crippen LogP contribution in [0.4, 0.5) is 5.95 Å². The first-order valence-corrected chi connectivity index (χ1v) is 5.68. The van der Waals surface area contributed by atoms with Gasteiger partial charge in [-0.15, -0.1) is 0 Å². The molecule has 5 nitrogen and oxygen atoms in total. The Balaban J connectivity index is 1.92. The lowest BCUT2D eigenvalue weighted by molar-refractivity contribution is 0.710. The van der Waals surface area contributed by atoms with Gasteiger partial charge in [-0.1, -0.05) is 0 Å². The number of nitrogens with zero attached hydrogens (tertiary/aromatic N) is 4. The van der Waals surface area contributed by atoms with Crippen LogP contribution in [0.15, 0.2) is 18.3 Å². The third-order valence-corrected chi connectivity index (χ3v) is 2.57. The maximum atomic E-state index is 4.33. The zero-order valence-electron chi connectivity index (χ0n) is 10.4. The number of nitrogens with one attached hydrogen (secondary N) is 1. The summed E-state index contributed by atoms with van der Waals surface area (Å²) in [5, 5.41) is 7.36. The van der Waals surface area contributed by atoms with Crippen LogP contribution in [-0.4, -0.2) is 26.3 Å². The molecule has 0 aliphatic rings. The number of anilines is 1. The lowest BCUT2D eigenvalue weighted by Crippen LogP contribution is -2.11. The minimum atomic E-state index is 0.699. The average molecular weight is 231 g/mol. The Labute approximate surface area is 101 Å². The summed E-state index contributed by atoms with van der Waals surface area (Å²) in [4.78, 5) is 8.66. The molecule has 2 rings (SSSR count). The first-order chi connectivity index (χ1) is 8.15. The van der Waals surface area contributed by atoms with E-state index in [1.165, 1.54) is 5.69 Å². The molecule has 1 N–H and O–H groups in total. The van der Waals surface area contributed by atoms with Crippen molar-refractivity contribution < 1.29 is 0 Å². The van der Waals surface area contributed by atoms with Crippen LogP contribution in [0, 0.1) is 13.8 Å². The molecule has 0 aliphatic carbocycles. The van der Waals surface area contributed by atoms with Crippen LogP contribution >= 0.6 is 0 Å². The van der Waals surface area contributed by atoms with Crippen LogP contribution < -0.4 is 5.32 Å². The zero-order chi connectivity index (χ0) is 12.3. The lowest BCUT2D eigenvalue weighted by atomic mass is 10.3. The monoisotopic (exact) mass is 231 g/mol. The predicted molar refractivity (Wildman–Crippen MR) is 66.9 cm³/mol. The van der Waals surface area contributed by atoms with Crippen LogP contribution in [0.1, 0.15) is 17.1 Å². The van der Waals surface area contributed by atoms with Crippen molar-refractivity contribution in [3.8, 4) is 0 Å². The second-order valence-corrected chi connectivity index (χ2v) is 4.10. The molecule has 0 bridgehead atoms. The van der Waals surface area contributed by atoms with Gasteiger partial charge < -0.3 is 5.32 Å². The molecule has 90 valence electrons. The summed E-state index contributed by atoms with van der Waals surface area (Å²) in [6.45, 7) is 4.75. The highest BCUT2D eigenvalue weighted by Gasteiger charge is 2.01. The van der Waals surface area contributed by atoms with Gasteiger partial charge in [0, 0.05) is 43.3 Å². The van der Waals surface area contributed by atoms with Crippen molar-refractivity contribution in [2.24, 2.45) is 7.05 Å². The van der Waals surface area contributed by atoms with E-state index in [1.54, 1.807) is 0 Å². The number of hydrogen-bond donors (Lipinski definition) is 1. The Bertz CT molecular complexity index is 483. The molecule has 0 saturated carbocycles. The SMILES string of the molecule is Cc1cc(C)nc(NCCc2ccnn2C)n1. The Hall–Kier alpha value is -1.91. The van der Waals surface area contributed by atoms with E-state index in [1.807, 2.05) is 43.9 Å². The molecule has 0 aromatic carbocycles. The molecule has 0 aliphatic heterocycles. The molecule has 0 atom stereocenters. The van der Waals surface area contributed by atoms with E-state index in [-0.39, 0.29) is 0 Å². The van der Waals surface area contributed by atoms with Crippen molar-refractivity contribution in [1.82, 2.24) is 19.7 Å². The van der Waals surface area contributed by atoms with E-state index in [2.05, 4.69) is 20.4 Å². The van der Waals surface area contributed by atoms with Crippen LogP contribution in [0.5, 0.6) is 0 Å². The number of hydrogen-bond acceptors (Lipinski definition) is 4. The van der Waals surface area contributed by atoms with E-state index < -0.39 is 0 Å². The Morgan fingerprint density at radius 1 is 1.24 bits per heavy atom. The fourth-order valence-corrected chi connectivity index (χ4v) is 1.75. The molecule has 2 aromatic rings. The molecule has 0 fully saturated rings. The average Bonchev–Trinajstić information content (AvgIpc) is 2.63. The fourth-order valence-electron chi connectivity index (χ4n) is 1.75. The predicted octanol–water partition coefficient (Wildman–Crippen LogP) is 1.48. The normalized spacial score (nSPS) is 10.5. The van der Waals surface area contributed by atoms with Crippen molar-refractivity contribution in [2.45, 2.75) is 20.3 Å². The minimum Gasteiger partial charge on any atom is -0.354 e. The van der Waals surface area contributed by atoms with Gasteiger partial charge in [-0.3, -0.25) is 4.68 Å². The first-order valence-electron chi connectivity index (χ1n) is 5.68. The lowest BCUT2D eigenvalue weighted by Gasteiger charge is -2.06. The third-order valence-electron chi connectivity index (χ3n) is 2.57. The smallest absolute Gasteiger partial charge is 0.223 e. The van der Waals surface area contributed by atoms with E-state index in [9.17, 15) is 0 Å². The maximum absolute atomic E-state index is 4.33. The summed E-state index contributed by atoms with van der Waals surface area (Å²) in [5.41, 5.74) is 3.17. The first kappa shape index (κ1) is 11.6. The Morgan fingerprint density at radius 3 is 2.53 bits per heavy atom. The summed E-state index contributed by atoms with van der Waals surface area (Å²) in [7, 11) is 1.95. The molecule has 0 spiro atoms. The Morgan fingerprint density at radius 2 is 1.94 bits per heavy atom. The quantitative estimate of drug-likeness (QED) is 0.866. The van der Waals surface area contributed by atoms with Gasteiger partial charge in [-0.05, 0) is 26.0 Å². The van der Waals surface area contributed by atoms with Crippen molar-refractivity contribution in [3.63, 3.8) is 0 Å². The topological polar surface area (TPSA) is 55.6 Å². The summed E-state index contributed by atoms with van der Waals surface area (Å²) in [5.74, 6) is 0.699. The van der Waals surface area contributed by atoms with Crippen molar-refractivity contribution >= 4 is 5.95 Å². The van der Waals surface area contributed by atoms with Crippen LogP contribution in [-0.2, 0) is 13.5 Å². The van der Waals surface area contributed by atoms with Gasteiger partial charge in [0.1, 0.15) is 0 Å². The highest BCUT2D eigenvalue weighted by molar-refractivity contribution is 5.27. The minimum absolute atomic E-state index is 0.699. The van der Waals surface area contributed by atoms with E-state index >= 15 is 0 Å². The van der Waals surface area contributed by atoms with Crippen LogP contribution in [0.3, 0.4) is 0 Å². The summed E-state index contributed by atoms with van der Waals surface area (Å²) >= 11 is 0. The van der Waals surface area contributed by atoms with Crippen molar-refractivity contribution in [3.05, 3.63) is 35.4 Å². The van der Waals surface area contributed by atoms with Gasteiger partial charge in [0.2, 0.25) is 5.95 Å². The Kier molecular flexibility index (Phi) is 3.37. The van der Waals surface area contributed by atoms with Gasteiger partial charge in [-0.25, -0.2) is 9.97 Å². The summed E-state index contributed by atoms with van der Waals surface area (Å²) in [6, 6.07) is 3.98. The molecule has 0 radical (unpaired) electrons. The van der Waals surface area contributed by atoms with E-state index in [4.69, 9.17) is 0 Å². The van der Waals surface area contributed by atoms with Crippen molar-refractivity contribution in [2.75, 3.05) is 11.9 Å². The second-order valence-electron chi connectivity index (χ2n) is 4.10. The molecule has 2 aromatic heterocycles. The van der Waals surface area contributed by atoms with Crippen LogP contribution in [0.25, 0.3) is 0 Å². The molecular formula is C12H17N5. The highest BCUT2D eigenvalue weighted by atomic mass is 15.3. The molecule has 0 amide bonds. The van der Waals surface area contributed by atoms with Crippen molar-refractivity contribution in [1.29, 1.82) is 0 Å². The zero-order valence-corrected chi connectivity index (χ0v) is 10.4. The molecule has 17 heavy (non-hydrogen) atoms. The maximum Gasteiger partial charge on any atom is 0.223 e. The molecule has 0 unspecified atom stereocenters. The number of aryl methyl sites for hydroxylation is 3. The summed E-state index contributed by atoms with van der Waals surface area (Å²) < 4.78 is 1.88. The largest absolute Gasteiger partial charge is 0.354 e. The van der Waals surface area contributed by atoms with Gasteiger partial charge in [0.15, 0.2) is 0 Å². The van der Waals surface area contributed by atoms with Gasteiger partial charge in [-0.2, -0.15) is 5.10 Å².